The van der Waals surface area contributed by atoms with E-state index in [0.29, 0.717) is 5.11 Å². The highest BCUT2D eigenvalue weighted by Gasteiger charge is 2.09. The van der Waals surface area contributed by atoms with Gasteiger partial charge in [-0.25, -0.2) is 0 Å². The van der Waals surface area contributed by atoms with Gasteiger partial charge in [0.2, 0.25) is 0 Å². The van der Waals surface area contributed by atoms with E-state index in [1.807, 2.05) is 29.7 Å². The summed E-state index contributed by atoms with van der Waals surface area (Å²) in [6, 6.07) is 8.29. The Kier molecular flexibility index (Phi) is 4.39. The normalized spacial score (nSPS) is 10.4. The van der Waals surface area contributed by atoms with Crippen LogP contribution in [0.3, 0.4) is 0 Å². The summed E-state index contributed by atoms with van der Waals surface area (Å²) >= 11 is 5.45. The van der Waals surface area contributed by atoms with Crippen LogP contribution in [0.1, 0.15) is 16.8 Å². The average Bonchev–Trinajstić information content (AvgIpc) is 2.78. The summed E-state index contributed by atoms with van der Waals surface area (Å²) in [6.45, 7) is 4.90. The van der Waals surface area contributed by atoms with Crippen LogP contribution in [0.25, 0.3) is 0 Å². The van der Waals surface area contributed by atoms with Crippen LogP contribution in [0, 0.1) is 13.8 Å². The largest absolute Gasteiger partial charge is 0.346 e. The van der Waals surface area contributed by atoms with Gasteiger partial charge in [-0.15, -0.1) is 0 Å². The van der Waals surface area contributed by atoms with Crippen molar-refractivity contribution >= 4 is 23.0 Å². The third-order valence-electron chi connectivity index (χ3n) is 3.29. The van der Waals surface area contributed by atoms with Gasteiger partial charge in [-0.3, -0.25) is 4.68 Å². The van der Waals surface area contributed by atoms with E-state index >= 15 is 0 Å². The van der Waals surface area contributed by atoms with Crippen LogP contribution in [-0.4, -0.2) is 26.8 Å². The van der Waals surface area contributed by atoms with Crippen molar-refractivity contribution in [2.75, 3.05) is 12.4 Å². The molecule has 4 nitrogen and oxygen atoms in total. The van der Waals surface area contributed by atoms with Crippen molar-refractivity contribution in [3.8, 4) is 0 Å². The van der Waals surface area contributed by atoms with Crippen LogP contribution in [0.5, 0.6) is 0 Å². The van der Waals surface area contributed by atoms with Gasteiger partial charge in [0, 0.05) is 26.0 Å². The number of anilines is 1. The Morgan fingerprint density at radius 3 is 2.70 bits per heavy atom. The zero-order valence-corrected chi connectivity index (χ0v) is 13.2. The molecular formula is C15H20N4S. The first-order valence-electron chi connectivity index (χ1n) is 6.53. The molecule has 1 N–H and O–H groups in total. The van der Waals surface area contributed by atoms with Crippen molar-refractivity contribution in [3.05, 3.63) is 47.3 Å². The molecule has 0 bridgehead atoms. The lowest BCUT2D eigenvalue weighted by molar-refractivity contribution is 0.482. The predicted molar refractivity (Wildman–Crippen MR) is 86.8 cm³/mol. The van der Waals surface area contributed by atoms with E-state index in [1.165, 1.54) is 11.1 Å². The maximum atomic E-state index is 5.45. The summed E-state index contributed by atoms with van der Waals surface area (Å²) in [6.07, 6.45) is 1.80. The molecule has 1 aromatic heterocycles. The molecule has 0 unspecified atom stereocenters. The fourth-order valence-electron chi connectivity index (χ4n) is 2.04. The van der Waals surface area contributed by atoms with Gasteiger partial charge in [0.25, 0.3) is 0 Å². The molecule has 0 aliphatic carbocycles. The molecule has 0 amide bonds. The molecule has 5 heteroatoms. The van der Waals surface area contributed by atoms with Crippen molar-refractivity contribution in [1.82, 2.24) is 14.7 Å². The summed E-state index contributed by atoms with van der Waals surface area (Å²) in [5, 5.41) is 8.17. The topological polar surface area (TPSA) is 33.1 Å². The number of aryl methyl sites for hydroxylation is 3. The summed E-state index contributed by atoms with van der Waals surface area (Å²) < 4.78 is 1.86. The van der Waals surface area contributed by atoms with Gasteiger partial charge in [-0.05, 0) is 43.8 Å². The SMILES string of the molecule is Cc1ccc(NC(=S)N(C)Cc2ccnn2C)c(C)c1. The van der Waals surface area contributed by atoms with Crippen molar-refractivity contribution in [3.63, 3.8) is 0 Å². The molecule has 20 heavy (non-hydrogen) atoms. The average molecular weight is 288 g/mol. The number of nitrogens with zero attached hydrogens (tertiary/aromatic N) is 3. The van der Waals surface area contributed by atoms with Gasteiger partial charge in [0.1, 0.15) is 0 Å². The minimum Gasteiger partial charge on any atom is -0.346 e. The molecule has 0 fully saturated rings. The zero-order chi connectivity index (χ0) is 14.7. The molecule has 106 valence electrons. The van der Waals surface area contributed by atoms with Gasteiger partial charge < -0.3 is 10.2 Å². The van der Waals surface area contributed by atoms with Crippen LogP contribution in [0.2, 0.25) is 0 Å². The Bertz CT molecular complexity index is 618. The second kappa shape index (κ2) is 6.05. The Hall–Kier alpha value is -1.88. The molecule has 0 aliphatic heterocycles. The van der Waals surface area contributed by atoms with Gasteiger partial charge >= 0.3 is 0 Å². The predicted octanol–water partition coefficient (Wildman–Crippen LogP) is 2.87. The molecule has 0 aliphatic rings. The Morgan fingerprint density at radius 2 is 2.10 bits per heavy atom. The molecule has 2 aromatic rings. The van der Waals surface area contributed by atoms with Crippen LogP contribution in [0.15, 0.2) is 30.5 Å². The number of aromatic nitrogens is 2. The summed E-state index contributed by atoms with van der Waals surface area (Å²) in [5.74, 6) is 0. The van der Waals surface area contributed by atoms with Crippen molar-refractivity contribution in [2.24, 2.45) is 7.05 Å². The van der Waals surface area contributed by atoms with E-state index in [0.717, 1.165) is 17.9 Å². The maximum Gasteiger partial charge on any atom is 0.173 e. The molecule has 0 saturated heterocycles. The number of rotatable bonds is 3. The lowest BCUT2D eigenvalue weighted by Gasteiger charge is -2.22. The zero-order valence-electron chi connectivity index (χ0n) is 12.3. The fourth-order valence-corrected chi connectivity index (χ4v) is 2.21. The first kappa shape index (κ1) is 14.5. The standard InChI is InChI=1S/C15H20N4S/c1-11-5-6-14(12(2)9-11)17-15(20)18(3)10-13-7-8-16-19(13)4/h5-9H,10H2,1-4H3,(H,17,20). The van der Waals surface area contributed by atoms with Crippen LogP contribution < -0.4 is 5.32 Å². The highest BCUT2D eigenvalue weighted by atomic mass is 32.1. The Balaban J connectivity index is 2.02. The van der Waals surface area contributed by atoms with Crippen LogP contribution >= 0.6 is 12.2 Å². The minimum absolute atomic E-state index is 0.707. The molecular weight excluding hydrogens is 268 g/mol. The van der Waals surface area contributed by atoms with Gasteiger partial charge in [-0.1, -0.05) is 17.7 Å². The number of nitrogens with one attached hydrogen (secondary N) is 1. The highest BCUT2D eigenvalue weighted by Crippen LogP contribution is 2.16. The maximum absolute atomic E-state index is 5.45. The number of thiocarbonyl (C=S) groups is 1. The molecule has 0 radical (unpaired) electrons. The quantitative estimate of drug-likeness (QED) is 0.881. The third kappa shape index (κ3) is 3.36. The highest BCUT2D eigenvalue weighted by molar-refractivity contribution is 7.80. The minimum atomic E-state index is 0.707. The lowest BCUT2D eigenvalue weighted by Crippen LogP contribution is -2.31. The van der Waals surface area contributed by atoms with Gasteiger partial charge in [-0.2, -0.15) is 5.10 Å². The third-order valence-corrected chi connectivity index (χ3v) is 3.71. The molecule has 1 aromatic carbocycles. The molecule has 1 heterocycles. The molecule has 0 atom stereocenters. The van der Waals surface area contributed by atoms with Crippen molar-refractivity contribution in [1.29, 1.82) is 0 Å². The van der Waals surface area contributed by atoms with Crippen molar-refractivity contribution in [2.45, 2.75) is 20.4 Å². The first-order valence-corrected chi connectivity index (χ1v) is 6.94. The van der Waals surface area contributed by atoms with Crippen molar-refractivity contribution < 1.29 is 0 Å². The number of hydrogen-bond acceptors (Lipinski definition) is 2. The molecule has 2 rings (SSSR count). The van der Waals surface area contributed by atoms with E-state index < -0.39 is 0 Å². The molecule has 0 saturated carbocycles. The van der Waals surface area contributed by atoms with Crippen LogP contribution in [0.4, 0.5) is 5.69 Å². The van der Waals surface area contributed by atoms with E-state index in [9.17, 15) is 0 Å². The van der Waals surface area contributed by atoms with Crippen LogP contribution in [-0.2, 0) is 13.6 Å². The van der Waals surface area contributed by atoms with Gasteiger partial charge in [0.05, 0.1) is 12.2 Å². The Labute approximate surface area is 125 Å². The summed E-state index contributed by atoms with van der Waals surface area (Å²) in [4.78, 5) is 2.01. The van der Waals surface area contributed by atoms with Gasteiger partial charge in [0.15, 0.2) is 5.11 Å². The smallest absolute Gasteiger partial charge is 0.173 e. The first-order chi connectivity index (χ1) is 9.47. The number of hydrogen-bond donors (Lipinski definition) is 1. The fraction of sp³-hybridized carbons (Fsp3) is 0.333. The lowest BCUT2D eigenvalue weighted by atomic mass is 10.1. The Morgan fingerprint density at radius 1 is 1.35 bits per heavy atom. The van der Waals surface area contributed by atoms with E-state index in [1.54, 1.807) is 6.20 Å². The van der Waals surface area contributed by atoms with E-state index in [-0.39, 0.29) is 0 Å². The van der Waals surface area contributed by atoms with E-state index in [2.05, 4.69) is 42.5 Å². The number of benzene rings is 1. The monoisotopic (exact) mass is 288 g/mol. The summed E-state index contributed by atoms with van der Waals surface area (Å²) in [7, 11) is 3.91. The summed E-state index contributed by atoms with van der Waals surface area (Å²) in [5.41, 5.74) is 4.62. The van der Waals surface area contributed by atoms with E-state index in [4.69, 9.17) is 12.2 Å². The second-order valence-corrected chi connectivity index (χ2v) is 5.44. The molecule has 0 spiro atoms. The second-order valence-electron chi connectivity index (χ2n) is 5.05.